The van der Waals surface area contributed by atoms with E-state index in [-0.39, 0.29) is 0 Å². The molecule has 1 saturated carbocycles. The minimum absolute atomic E-state index is 0.601. The molecule has 0 aromatic heterocycles. The van der Waals surface area contributed by atoms with Gasteiger partial charge in [0, 0.05) is 0 Å². The summed E-state index contributed by atoms with van der Waals surface area (Å²) in [6, 6.07) is 7.41. The summed E-state index contributed by atoms with van der Waals surface area (Å²) in [4.78, 5) is 11.1. The van der Waals surface area contributed by atoms with Crippen molar-refractivity contribution in [3.8, 4) is 5.75 Å². The van der Waals surface area contributed by atoms with Gasteiger partial charge in [0.1, 0.15) is 5.75 Å². The van der Waals surface area contributed by atoms with E-state index in [1.807, 2.05) is 31.2 Å². The van der Waals surface area contributed by atoms with Crippen LogP contribution in [0.1, 0.15) is 25.3 Å². The molecule has 0 spiro atoms. The Hall–Kier alpha value is -1.51. The standard InChI is InChI=1S/C12H14O3/c1-2-15-10-5-3-4-9(8-10)12(6-7-12)11(13)14/h3-5,8H,2,6-7H2,1H3,(H,13,14). The Labute approximate surface area is 88.7 Å². The first-order valence-electron chi connectivity index (χ1n) is 5.16. The minimum atomic E-state index is -0.726. The van der Waals surface area contributed by atoms with Crippen LogP contribution < -0.4 is 4.74 Å². The zero-order valence-corrected chi connectivity index (χ0v) is 8.69. The summed E-state index contributed by atoms with van der Waals surface area (Å²) in [7, 11) is 0. The molecule has 15 heavy (non-hydrogen) atoms. The smallest absolute Gasteiger partial charge is 0.314 e. The van der Waals surface area contributed by atoms with Crippen LogP contribution >= 0.6 is 0 Å². The van der Waals surface area contributed by atoms with Gasteiger partial charge in [0.15, 0.2) is 0 Å². The zero-order chi connectivity index (χ0) is 10.9. The molecule has 0 bridgehead atoms. The van der Waals surface area contributed by atoms with Crippen molar-refractivity contribution in [2.75, 3.05) is 6.61 Å². The topological polar surface area (TPSA) is 46.5 Å². The molecule has 1 aliphatic carbocycles. The first-order valence-corrected chi connectivity index (χ1v) is 5.16. The first-order chi connectivity index (χ1) is 7.19. The van der Waals surface area contributed by atoms with Crippen molar-refractivity contribution in [1.82, 2.24) is 0 Å². The molecule has 3 heteroatoms. The zero-order valence-electron chi connectivity index (χ0n) is 8.69. The van der Waals surface area contributed by atoms with Crippen LogP contribution in [0.5, 0.6) is 5.75 Å². The first kappa shape index (κ1) is 10.0. The molecule has 0 unspecified atom stereocenters. The lowest BCUT2D eigenvalue weighted by Crippen LogP contribution is -2.19. The monoisotopic (exact) mass is 206 g/mol. The lowest BCUT2D eigenvalue weighted by Gasteiger charge is -2.11. The number of hydrogen-bond acceptors (Lipinski definition) is 2. The highest BCUT2D eigenvalue weighted by Gasteiger charge is 2.51. The SMILES string of the molecule is CCOc1cccc(C2(C(=O)O)CC2)c1. The maximum atomic E-state index is 11.1. The molecule has 0 amide bonds. The molecular formula is C12H14O3. The van der Waals surface area contributed by atoms with Gasteiger partial charge in [-0.3, -0.25) is 4.79 Å². The van der Waals surface area contributed by atoms with Crippen molar-refractivity contribution in [1.29, 1.82) is 0 Å². The minimum Gasteiger partial charge on any atom is -0.494 e. The molecule has 0 radical (unpaired) electrons. The second-order valence-electron chi connectivity index (χ2n) is 3.85. The lowest BCUT2D eigenvalue weighted by atomic mass is 9.96. The molecule has 1 N–H and O–H groups in total. The van der Waals surface area contributed by atoms with Gasteiger partial charge in [-0.25, -0.2) is 0 Å². The predicted octanol–water partition coefficient (Wildman–Crippen LogP) is 2.20. The molecule has 1 aromatic rings. The van der Waals surface area contributed by atoms with Gasteiger partial charge in [0.2, 0.25) is 0 Å². The molecule has 1 aliphatic rings. The molecule has 3 nitrogen and oxygen atoms in total. The molecule has 0 atom stereocenters. The largest absolute Gasteiger partial charge is 0.494 e. The highest BCUT2D eigenvalue weighted by molar-refractivity contribution is 5.85. The Morgan fingerprint density at radius 1 is 1.53 bits per heavy atom. The second-order valence-corrected chi connectivity index (χ2v) is 3.85. The van der Waals surface area contributed by atoms with E-state index in [2.05, 4.69) is 0 Å². The Balaban J connectivity index is 2.29. The third-order valence-electron chi connectivity index (χ3n) is 2.86. The van der Waals surface area contributed by atoms with Crippen LogP contribution in [-0.4, -0.2) is 17.7 Å². The van der Waals surface area contributed by atoms with Crippen molar-refractivity contribution in [2.24, 2.45) is 0 Å². The van der Waals surface area contributed by atoms with Gasteiger partial charge >= 0.3 is 5.97 Å². The van der Waals surface area contributed by atoms with Gasteiger partial charge in [-0.05, 0) is 37.5 Å². The van der Waals surface area contributed by atoms with Crippen LogP contribution in [0.2, 0.25) is 0 Å². The summed E-state index contributed by atoms with van der Waals surface area (Å²) >= 11 is 0. The highest BCUT2D eigenvalue weighted by atomic mass is 16.5. The Morgan fingerprint density at radius 3 is 2.80 bits per heavy atom. The van der Waals surface area contributed by atoms with Crippen molar-refractivity contribution < 1.29 is 14.6 Å². The lowest BCUT2D eigenvalue weighted by molar-refractivity contribution is -0.140. The van der Waals surface area contributed by atoms with Crippen molar-refractivity contribution in [3.05, 3.63) is 29.8 Å². The fourth-order valence-corrected chi connectivity index (χ4v) is 1.80. The Morgan fingerprint density at radius 2 is 2.27 bits per heavy atom. The van der Waals surface area contributed by atoms with E-state index >= 15 is 0 Å². The quantitative estimate of drug-likeness (QED) is 0.821. The average Bonchev–Trinajstić information content (AvgIpc) is 2.99. The van der Waals surface area contributed by atoms with E-state index in [1.54, 1.807) is 0 Å². The van der Waals surface area contributed by atoms with E-state index in [4.69, 9.17) is 9.84 Å². The molecule has 0 saturated heterocycles. The summed E-state index contributed by atoms with van der Waals surface area (Å²) < 4.78 is 5.36. The van der Waals surface area contributed by atoms with Crippen molar-refractivity contribution in [3.63, 3.8) is 0 Å². The van der Waals surface area contributed by atoms with Gasteiger partial charge in [0.05, 0.1) is 12.0 Å². The highest BCUT2D eigenvalue weighted by Crippen LogP contribution is 2.48. The van der Waals surface area contributed by atoms with Gasteiger partial charge in [0.25, 0.3) is 0 Å². The van der Waals surface area contributed by atoms with Crippen molar-refractivity contribution in [2.45, 2.75) is 25.2 Å². The maximum absolute atomic E-state index is 11.1. The summed E-state index contributed by atoms with van der Waals surface area (Å²) in [5.41, 5.74) is 0.230. The van der Waals surface area contributed by atoms with E-state index < -0.39 is 11.4 Å². The molecule has 2 rings (SSSR count). The number of carbonyl (C=O) groups is 1. The van der Waals surface area contributed by atoms with Crippen LogP contribution in [0.3, 0.4) is 0 Å². The van der Waals surface area contributed by atoms with E-state index in [0.717, 1.165) is 24.2 Å². The molecule has 0 aliphatic heterocycles. The summed E-state index contributed by atoms with van der Waals surface area (Å²) in [6.07, 6.45) is 1.47. The predicted molar refractivity (Wildman–Crippen MR) is 56.2 cm³/mol. The van der Waals surface area contributed by atoms with Crippen LogP contribution in [0.15, 0.2) is 24.3 Å². The molecule has 0 heterocycles. The van der Waals surface area contributed by atoms with E-state index in [9.17, 15) is 4.79 Å². The molecule has 1 fully saturated rings. The van der Waals surface area contributed by atoms with Gasteiger partial charge in [-0.15, -0.1) is 0 Å². The number of rotatable bonds is 4. The third kappa shape index (κ3) is 1.69. The van der Waals surface area contributed by atoms with Crippen LogP contribution in [-0.2, 0) is 10.2 Å². The van der Waals surface area contributed by atoms with Crippen LogP contribution in [0.4, 0.5) is 0 Å². The van der Waals surface area contributed by atoms with Crippen molar-refractivity contribution >= 4 is 5.97 Å². The second kappa shape index (κ2) is 3.57. The van der Waals surface area contributed by atoms with E-state index in [1.165, 1.54) is 0 Å². The fraction of sp³-hybridized carbons (Fsp3) is 0.417. The number of hydrogen-bond donors (Lipinski definition) is 1. The number of carboxylic acid groups (broad SMARTS) is 1. The normalized spacial score (nSPS) is 17.1. The molecular weight excluding hydrogens is 192 g/mol. The third-order valence-corrected chi connectivity index (χ3v) is 2.86. The van der Waals surface area contributed by atoms with Gasteiger partial charge in [-0.2, -0.15) is 0 Å². The number of carboxylic acids is 1. The maximum Gasteiger partial charge on any atom is 0.314 e. The number of benzene rings is 1. The molecule has 80 valence electrons. The summed E-state index contributed by atoms with van der Waals surface area (Å²) in [5.74, 6) is 0.0265. The van der Waals surface area contributed by atoms with Crippen LogP contribution in [0.25, 0.3) is 0 Å². The van der Waals surface area contributed by atoms with Gasteiger partial charge < -0.3 is 9.84 Å². The fourth-order valence-electron chi connectivity index (χ4n) is 1.80. The Kier molecular flexibility index (Phi) is 2.39. The number of ether oxygens (including phenoxy) is 1. The Bertz CT molecular complexity index is 380. The summed E-state index contributed by atoms with van der Waals surface area (Å²) in [5, 5.41) is 9.14. The van der Waals surface area contributed by atoms with Gasteiger partial charge in [-0.1, -0.05) is 12.1 Å². The number of aliphatic carboxylic acids is 1. The molecule has 1 aromatic carbocycles. The van der Waals surface area contributed by atoms with E-state index in [0.29, 0.717) is 6.61 Å². The van der Waals surface area contributed by atoms with Crippen LogP contribution in [0, 0.1) is 0 Å². The average molecular weight is 206 g/mol. The summed E-state index contributed by atoms with van der Waals surface area (Å²) in [6.45, 7) is 2.51.